The van der Waals surface area contributed by atoms with Crippen molar-refractivity contribution in [2.75, 3.05) is 31.1 Å². The van der Waals surface area contributed by atoms with Gasteiger partial charge in [0.2, 0.25) is 0 Å². The van der Waals surface area contributed by atoms with E-state index in [-0.39, 0.29) is 5.82 Å². The number of hydrogen-bond acceptors (Lipinski definition) is 3. The third kappa shape index (κ3) is 2.65. The summed E-state index contributed by atoms with van der Waals surface area (Å²) in [6.45, 7) is 8.57. The molecule has 1 atom stereocenters. The maximum atomic E-state index is 14.0. The molecule has 0 aromatic heterocycles. The minimum Gasteiger partial charge on any atom is -0.366 e. The Labute approximate surface area is 108 Å². The molecule has 2 N–H and O–H groups in total. The summed E-state index contributed by atoms with van der Waals surface area (Å²) in [5.74, 6) is -0.157. The lowest BCUT2D eigenvalue weighted by Crippen LogP contribution is -2.51. The largest absolute Gasteiger partial charge is 0.366 e. The molecule has 3 nitrogen and oxygen atoms in total. The van der Waals surface area contributed by atoms with Crippen LogP contribution in [-0.4, -0.2) is 37.1 Å². The molecule has 0 spiro atoms. The third-order valence-electron chi connectivity index (χ3n) is 3.76. The molecule has 1 aliphatic heterocycles. The van der Waals surface area contributed by atoms with Crippen LogP contribution < -0.4 is 10.6 Å². The quantitative estimate of drug-likeness (QED) is 0.889. The van der Waals surface area contributed by atoms with Gasteiger partial charge in [0.05, 0.1) is 5.69 Å². The molecule has 1 aromatic rings. The number of nitrogens with two attached hydrogens (primary N) is 1. The van der Waals surface area contributed by atoms with E-state index in [4.69, 9.17) is 5.73 Å². The van der Waals surface area contributed by atoms with Gasteiger partial charge in [-0.15, -0.1) is 0 Å². The third-order valence-corrected chi connectivity index (χ3v) is 3.76. The Bertz CT molecular complexity index is 408. The van der Waals surface area contributed by atoms with Gasteiger partial charge < -0.3 is 10.6 Å². The van der Waals surface area contributed by atoms with E-state index in [1.165, 1.54) is 0 Å². The Morgan fingerprint density at radius 2 is 2.17 bits per heavy atom. The molecule has 18 heavy (non-hydrogen) atoms. The van der Waals surface area contributed by atoms with E-state index in [0.717, 1.165) is 31.7 Å². The zero-order valence-electron chi connectivity index (χ0n) is 11.2. The predicted octanol–water partition coefficient (Wildman–Crippen LogP) is 1.81. The Morgan fingerprint density at radius 3 is 2.72 bits per heavy atom. The maximum Gasteiger partial charge on any atom is 0.146 e. The molecule has 1 aliphatic rings. The molecule has 4 heteroatoms. The molecule has 0 amide bonds. The van der Waals surface area contributed by atoms with E-state index in [0.29, 0.717) is 18.3 Å². The summed E-state index contributed by atoms with van der Waals surface area (Å²) in [7, 11) is 0. The Balaban J connectivity index is 2.13. The summed E-state index contributed by atoms with van der Waals surface area (Å²) >= 11 is 0. The van der Waals surface area contributed by atoms with E-state index in [1.54, 1.807) is 6.07 Å². The second-order valence-electron chi connectivity index (χ2n) is 4.91. The van der Waals surface area contributed by atoms with Crippen LogP contribution in [0.25, 0.3) is 0 Å². The van der Waals surface area contributed by atoms with Crippen molar-refractivity contribution in [2.24, 2.45) is 5.73 Å². The van der Waals surface area contributed by atoms with Gasteiger partial charge in [-0.1, -0.05) is 13.0 Å². The molecule has 1 heterocycles. The molecule has 0 saturated carbocycles. The minimum absolute atomic E-state index is 0.157. The van der Waals surface area contributed by atoms with Crippen LogP contribution in [0.2, 0.25) is 0 Å². The topological polar surface area (TPSA) is 32.5 Å². The fourth-order valence-electron chi connectivity index (χ4n) is 2.62. The first-order valence-corrected chi connectivity index (χ1v) is 6.63. The van der Waals surface area contributed by atoms with Crippen LogP contribution in [0.5, 0.6) is 0 Å². The standard InChI is InChI=1S/C14H22FN3/c1-3-17-6-7-18(10-11(17)2)14-5-4-12(9-16)8-13(14)15/h4-5,8,11H,3,6-7,9-10,16H2,1-2H3. The lowest BCUT2D eigenvalue weighted by atomic mass is 10.1. The highest BCUT2D eigenvalue weighted by Gasteiger charge is 2.23. The molecule has 0 bridgehead atoms. The highest BCUT2D eigenvalue weighted by atomic mass is 19.1. The second kappa shape index (κ2) is 5.67. The first-order chi connectivity index (χ1) is 8.65. The number of anilines is 1. The number of rotatable bonds is 3. The first kappa shape index (κ1) is 13.3. The number of halogens is 1. The van der Waals surface area contributed by atoms with Crippen LogP contribution in [0.3, 0.4) is 0 Å². The molecule has 2 rings (SSSR count). The normalized spacial score (nSPS) is 21.3. The van der Waals surface area contributed by atoms with E-state index in [2.05, 4.69) is 23.6 Å². The van der Waals surface area contributed by atoms with Gasteiger partial charge >= 0.3 is 0 Å². The number of hydrogen-bond donors (Lipinski definition) is 1. The van der Waals surface area contributed by atoms with Crippen LogP contribution >= 0.6 is 0 Å². The van der Waals surface area contributed by atoms with E-state index >= 15 is 0 Å². The van der Waals surface area contributed by atoms with Crippen molar-refractivity contribution in [3.8, 4) is 0 Å². The average Bonchev–Trinajstić information content (AvgIpc) is 2.38. The van der Waals surface area contributed by atoms with E-state index in [9.17, 15) is 4.39 Å². The van der Waals surface area contributed by atoms with Crippen molar-refractivity contribution in [1.29, 1.82) is 0 Å². The predicted molar refractivity (Wildman–Crippen MR) is 73.2 cm³/mol. The monoisotopic (exact) mass is 251 g/mol. The molecule has 1 unspecified atom stereocenters. The minimum atomic E-state index is -0.157. The highest BCUT2D eigenvalue weighted by molar-refractivity contribution is 5.49. The highest BCUT2D eigenvalue weighted by Crippen LogP contribution is 2.23. The summed E-state index contributed by atoms with van der Waals surface area (Å²) in [6.07, 6.45) is 0. The fraction of sp³-hybridized carbons (Fsp3) is 0.571. The first-order valence-electron chi connectivity index (χ1n) is 6.63. The lowest BCUT2D eigenvalue weighted by Gasteiger charge is -2.40. The van der Waals surface area contributed by atoms with Gasteiger partial charge in [0, 0.05) is 32.2 Å². The van der Waals surface area contributed by atoms with Crippen LogP contribution in [0, 0.1) is 5.82 Å². The van der Waals surface area contributed by atoms with Gasteiger partial charge in [-0.25, -0.2) is 4.39 Å². The van der Waals surface area contributed by atoms with Gasteiger partial charge in [-0.3, -0.25) is 4.90 Å². The molecule has 0 aliphatic carbocycles. The average molecular weight is 251 g/mol. The Morgan fingerprint density at radius 1 is 1.39 bits per heavy atom. The van der Waals surface area contributed by atoms with Crippen molar-refractivity contribution in [2.45, 2.75) is 26.4 Å². The summed E-state index contributed by atoms with van der Waals surface area (Å²) in [6, 6.07) is 5.78. The Kier molecular flexibility index (Phi) is 4.19. The fourth-order valence-corrected chi connectivity index (χ4v) is 2.62. The van der Waals surface area contributed by atoms with Crippen molar-refractivity contribution < 1.29 is 4.39 Å². The molecule has 1 aromatic carbocycles. The zero-order valence-corrected chi connectivity index (χ0v) is 11.2. The number of piperazine rings is 1. The van der Waals surface area contributed by atoms with Crippen LogP contribution in [-0.2, 0) is 6.54 Å². The molecule has 100 valence electrons. The van der Waals surface area contributed by atoms with Gasteiger partial charge in [0.25, 0.3) is 0 Å². The molecular formula is C14H22FN3. The van der Waals surface area contributed by atoms with Crippen LogP contribution in [0.1, 0.15) is 19.4 Å². The zero-order chi connectivity index (χ0) is 13.1. The molecule has 0 radical (unpaired) electrons. The second-order valence-corrected chi connectivity index (χ2v) is 4.91. The van der Waals surface area contributed by atoms with Gasteiger partial charge in [0.15, 0.2) is 0 Å². The van der Waals surface area contributed by atoms with Gasteiger partial charge in [0.1, 0.15) is 5.82 Å². The Hall–Kier alpha value is -1.13. The van der Waals surface area contributed by atoms with Crippen molar-refractivity contribution in [3.63, 3.8) is 0 Å². The summed E-state index contributed by atoms with van der Waals surface area (Å²) in [4.78, 5) is 4.55. The molecule has 1 saturated heterocycles. The smallest absolute Gasteiger partial charge is 0.146 e. The molecular weight excluding hydrogens is 229 g/mol. The SMILES string of the molecule is CCN1CCN(c2ccc(CN)cc2F)CC1C. The van der Waals surface area contributed by atoms with Crippen molar-refractivity contribution in [1.82, 2.24) is 4.90 Å². The van der Waals surface area contributed by atoms with Crippen LogP contribution in [0.15, 0.2) is 18.2 Å². The maximum absolute atomic E-state index is 14.0. The number of likely N-dealkylation sites (N-methyl/N-ethyl adjacent to an activating group) is 1. The summed E-state index contributed by atoms with van der Waals surface area (Å²) in [5.41, 5.74) is 7.07. The summed E-state index contributed by atoms with van der Waals surface area (Å²) < 4.78 is 14.0. The van der Waals surface area contributed by atoms with Crippen LogP contribution in [0.4, 0.5) is 10.1 Å². The lowest BCUT2D eigenvalue weighted by molar-refractivity contribution is 0.199. The number of nitrogens with zero attached hydrogens (tertiary/aromatic N) is 2. The van der Waals surface area contributed by atoms with Gasteiger partial charge in [-0.05, 0) is 31.2 Å². The summed E-state index contributed by atoms with van der Waals surface area (Å²) in [5, 5.41) is 0. The van der Waals surface area contributed by atoms with E-state index < -0.39 is 0 Å². The van der Waals surface area contributed by atoms with Crippen molar-refractivity contribution in [3.05, 3.63) is 29.6 Å². The number of benzene rings is 1. The van der Waals surface area contributed by atoms with Crippen molar-refractivity contribution >= 4 is 5.69 Å². The van der Waals surface area contributed by atoms with E-state index in [1.807, 2.05) is 12.1 Å². The van der Waals surface area contributed by atoms with Gasteiger partial charge in [-0.2, -0.15) is 0 Å². The molecule has 1 fully saturated rings.